The summed E-state index contributed by atoms with van der Waals surface area (Å²) in [4.78, 5) is 4.39. The molecule has 1 atom stereocenters. The summed E-state index contributed by atoms with van der Waals surface area (Å²) < 4.78 is 10.9. The summed E-state index contributed by atoms with van der Waals surface area (Å²) in [5, 5.41) is 12.8. The Morgan fingerprint density at radius 2 is 2.05 bits per heavy atom. The van der Waals surface area contributed by atoms with Crippen LogP contribution in [-0.4, -0.2) is 16.7 Å². The zero-order chi connectivity index (χ0) is 14.4. The Morgan fingerprint density at radius 3 is 2.65 bits per heavy atom. The smallest absolute Gasteiger partial charge is 0.258 e. The minimum atomic E-state index is -0.124. The molecular formula is C15H17N3O2. The van der Waals surface area contributed by atoms with Gasteiger partial charge in [0.05, 0.1) is 11.6 Å². The highest BCUT2D eigenvalue weighted by molar-refractivity contribution is 5.54. The molecule has 0 saturated heterocycles. The molecule has 0 aliphatic carbocycles. The van der Waals surface area contributed by atoms with Crippen molar-refractivity contribution in [3.05, 3.63) is 35.7 Å². The Morgan fingerprint density at radius 1 is 1.30 bits per heavy atom. The van der Waals surface area contributed by atoms with E-state index in [-0.39, 0.29) is 6.10 Å². The molecule has 0 fully saturated rings. The molecule has 1 aromatic heterocycles. The van der Waals surface area contributed by atoms with Crippen molar-refractivity contribution in [1.29, 1.82) is 5.26 Å². The first-order valence-corrected chi connectivity index (χ1v) is 6.74. The van der Waals surface area contributed by atoms with Crippen molar-refractivity contribution in [2.45, 2.75) is 32.8 Å². The summed E-state index contributed by atoms with van der Waals surface area (Å²) >= 11 is 0. The van der Waals surface area contributed by atoms with Gasteiger partial charge in [-0.1, -0.05) is 18.5 Å². The number of benzene rings is 1. The third kappa shape index (κ3) is 3.22. The molecule has 2 aromatic rings. The van der Waals surface area contributed by atoms with Crippen molar-refractivity contribution < 1.29 is 9.26 Å². The minimum absolute atomic E-state index is 0.124. The first-order chi connectivity index (χ1) is 9.78. The van der Waals surface area contributed by atoms with Gasteiger partial charge in [0.1, 0.15) is 6.10 Å². The van der Waals surface area contributed by atoms with Crippen molar-refractivity contribution in [1.82, 2.24) is 10.1 Å². The summed E-state index contributed by atoms with van der Waals surface area (Å²) in [7, 11) is 0. The van der Waals surface area contributed by atoms with Gasteiger partial charge in [-0.05, 0) is 37.6 Å². The zero-order valence-corrected chi connectivity index (χ0v) is 11.7. The van der Waals surface area contributed by atoms with E-state index in [1.807, 2.05) is 6.92 Å². The van der Waals surface area contributed by atoms with Crippen LogP contribution in [0.5, 0.6) is 0 Å². The molecule has 1 unspecified atom stereocenters. The Balaban J connectivity index is 2.20. The van der Waals surface area contributed by atoms with E-state index in [1.54, 1.807) is 24.3 Å². The highest BCUT2D eigenvalue weighted by Crippen LogP contribution is 2.24. The average molecular weight is 271 g/mol. The largest absolute Gasteiger partial charge is 0.370 e. The Labute approximate surface area is 118 Å². The highest BCUT2D eigenvalue weighted by atomic mass is 16.5. The quantitative estimate of drug-likeness (QED) is 0.804. The average Bonchev–Trinajstić information content (AvgIpc) is 2.97. The molecule has 2 rings (SSSR count). The number of aromatic nitrogens is 2. The van der Waals surface area contributed by atoms with E-state index >= 15 is 0 Å². The molecule has 1 aromatic carbocycles. The molecule has 5 heteroatoms. The summed E-state index contributed by atoms with van der Waals surface area (Å²) in [6, 6.07) is 9.12. The van der Waals surface area contributed by atoms with Gasteiger partial charge in [0.2, 0.25) is 5.82 Å². The Hall–Kier alpha value is -2.19. The molecule has 0 N–H and O–H groups in total. The number of nitriles is 1. The van der Waals surface area contributed by atoms with E-state index in [0.29, 0.717) is 23.9 Å². The minimum Gasteiger partial charge on any atom is -0.370 e. The summed E-state index contributed by atoms with van der Waals surface area (Å²) in [5.74, 6) is 1.03. The summed E-state index contributed by atoms with van der Waals surface area (Å²) in [6.45, 7) is 4.66. The van der Waals surface area contributed by atoms with Gasteiger partial charge in [-0.2, -0.15) is 10.2 Å². The van der Waals surface area contributed by atoms with Gasteiger partial charge < -0.3 is 9.26 Å². The fourth-order valence-corrected chi connectivity index (χ4v) is 1.92. The molecule has 0 bridgehead atoms. The Bertz CT molecular complexity index is 578. The zero-order valence-electron chi connectivity index (χ0n) is 11.7. The van der Waals surface area contributed by atoms with Crippen LogP contribution >= 0.6 is 0 Å². The lowest BCUT2D eigenvalue weighted by Gasteiger charge is -2.11. The van der Waals surface area contributed by atoms with Crippen LogP contribution in [0.2, 0.25) is 0 Å². The van der Waals surface area contributed by atoms with E-state index in [2.05, 4.69) is 23.1 Å². The van der Waals surface area contributed by atoms with Crippen molar-refractivity contribution >= 4 is 0 Å². The predicted molar refractivity (Wildman–Crippen MR) is 73.7 cm³/mol. The van der Waals surface area contributed by atoms with Crippen molar-refractivity contribution in [3.63, 3.8) is 0 Å². The second kappa shape index (κ2) is 6.83. The van der Waals surface area contributed by atoms with Gasteiger partial charge in [-0.3, -0.25) is 0 Å². The molecule has 0 amide bonds. The van der Waals surface area contributed by atoms with Crippen LogP contribution < -0.4 is 0 Å². The summed E-state index contributed by atoms with van der Waals surface area (Å²) in [5.41, 5.74) is 1.40. The molecule has 0 spiro atoms. The first kappa shape index (κ1) is 14.2. The SMILES string of the molecule is CCCC(OCC)c1noc(-c2ccc(C#N)cc2)n1. The van der Waals surface area contributed by atoms with Crippen molar-refractivity contribution in [2.75, 3.05) is 6.61 Å². The fraction of sp³-hybridized carbons (Fsp3) is 0.400. The van der Waals surface area contributed by atoms with Crippen LogP contribution in [0, 0.1) is 11.3 Å². The molecule has 5 nitrogen and oxygen atoms in total. The maximum Gasteiger partial charge on any atom is 0.258 e. The topological polar surface area (TPSA) is 71.9 Å². The van der Waals surface area contributed by atoms with E-state index < -0.39 is 0 Å². The normalized spacial score (nSPS) is 12.1. The molecule has 0 radical (unpaired) electrons. The van der Waals surface area contributed by atoms with Gasteiger partial charge in [0.15, 0.2) is 0 Å². The molecule has 0 saturated carbocycles. The van der Waals surface area contributed by atoms with Crippen LogP contribution in [0.15, 0.2) is 28.8 Å². The van der Waals surface area contributed by atoms with Crippen molar-refractivity contribution in [2.24, 2.45) is 0 Å². The number of rotatable bonds is 6. The van der Waals surface area contributed by atoms with Crippen LogP contribution in [0.3, 0.4) is 0 Å². The van der Waals surface area contributed by atoms with Gasteiger partial charge in [0.25, 0.3) is 5.89 Å². The summed E-state index contributed by atoms with van der Waals surface area (Å²) in [6.07, 6.45) is 1.73. The third-order valence-corrected chi connectivity index (χ3v) is 2.91. The number of nitrogens with zero attached hydrogens (tertiary/aromatic N) is 3. The van der Waals surface area contributed by atoms with Gasteiger partial charge in [-0.25, -0.2) is 0 Å². The lowest BCUT2D eigenvalue weighted by Crippen LogP contribution is -2.05. The standard InChI is InChI=1S/C15H17N3O2/c1-3-5-13(19-4-2)14-17-15(20-18-14)12-8-6-11(10-16)7-9-12/h6-9,13H,3-5H2,1-2H3. The molecular weight excluding hydrogens is 254 g/mol. The lowest BCUT2D eigenvalue weighted by atomic mass is 10.1. The van der Waals surface area contributed by atoms with E-state index in [9.17, 15) is 0 Å². The number of hydrogen-bond donors (Lipinski definition) is 0. The molecule has 0 aliphatic heterocycles. The fourth-order valence-electron chi connectivity index (χ4n) is 1.92. The molecule has 1 heterocycles. The van der Waals surface area contributed by atoms with Crippen LogP contribution in [-0.2, 0) is 4.74 Å². The number of ether oxygens (including phenoxy) is 1. The monoisotopic (exact) mass is 271 g/mol. The van der Waals surface area contributed by atoms with E-state index in [1.165, 1.54) is 0 Å². The predicted octanol–water partition coefficient (Wildman–Crippen LogP) is 3.49. The highest BCUT2D eigenvalue weighted by Gasteiger charge is 2.18. The van der Waals surface area contributed by atoms with Crippen molar-refractivity contribution in [3.8, 4) is 17.5 Å². The lowest BCUT2D eigenvalue weighted by molar-refractivity contribution is 0.0478. The van der Waals surface area contributed by atoms with E-state index in [4.69, 9.17) is 14.5 Å². The molecule has 104 valence electrons. The third-order valence-electron chi connectivity index (χ3n) is 2.91. The maximum absolute atomic E-state index is 8.78. The van der Waals surface area contributed by atoms with Crippen LogP contribution in [0.4, 0.5) is 0 Å². The first-order valence-electron chi connectivity index (χ1n) is 6.74. The second-order valence-electron chi connectivity index (χ2n) is 4.38. The second-order valence-corrected chi connectivity index (χ2v) is 4.38. The van der Waals surface area contributed by atoms with Gasteiger partial charge in [0, 0.05) is 12.2 Å². The Kier molecular flexibility index (Phi) is 4.85. The number of hydrogen-bond acceptors (Lipinski definition) is 5. The van der Waals surface area contributed by atoms with Gasteiger partial charge >= 0.3 is 0 Å². The molecule has 20 heavy (non-hydrogen) atoms. The maximum atomic E-state index is 8.78. The van der Waals surface area contributed by atoms with E-state index in [0.717, 1.165) is 18.4 Å². The van der Waals surface area contributed by atoms with Crippen LogP contribution in [0.1, 0.15) is 44.2 Å². The molecule has 0 aliphatic rings. The van der Waals surface area contributed by atoms with Crippen LogP contribution in [0.25, 0.3) is 11.5 Å². The van der Waals surface area contributed by atoms with Gasteiger partial charge in [-0.15, -0.1) is 0 Å².